The minimum Gasteiger partial charge on any atom is -0.368 e. The Labute approximate surface area is 170 Å². The van der Waals surface area contributed by atoms with Crippen LogP contribution in [0.25, 0.3) is 10.6 Å². The normalized spacial score (nSPS) is 15.0. The summed E-state index contributed by atoms with van der Waals surface area (Å²) < 4.78 is 39.8. The predicted molar refractivity (Wildman–Crippen MR) is 106 cm³/mol. The van der Waals surface area contributed by atoms with E-state index in [0.29, 0.717) is 22.8 Å². The number of para-hydroxylation sites is 1. The number of rotatable bonds is 3. The van der Waals surface area contributed by atoms with Gasteiger partial charge >= 0.3 is 6.18 Å². The van der Waals surface area contributed by atoms with Gasteiger partial charge in [0.05, 0.1) is 9.75 Å². The van der Waals surface area contributed by atoms with E-state index < -0.39 is 11.9 Å². The van der Waals surface area contributed by atoms with E-state index in [1.54, 1.807) is 17.0 Å². The molecule has 1 fully saturated rings. The van der Waals surface area contributed by atoms with Crippen LogP contribution in [-0.2, 0) is 13.2 Å². The second-order valence-electron chi connectivity index (χ2n) is 6.81. The van der Waals surface area contributed by atoms with Gasteiger partial charge < -0.3 is 9.80 Å². The van der Waals surface area contributed by atoms with Gasteiger partial charge in [0.25, 0.3) is 5.91 Å². The van der Waals surface area contributed by atoms with Gasteiger partial charge in [-0.05, 0) is 30.3 Å². The molecule has 0 saturated carbocycles. The summed E-state index contributed by atoms with van der Waals surface area (Å²) in [4.78, 5) is 17.9. The Balaban J connectivity index is 1.44. The fourth-order valence-electron chi connectivity index (χ4n) is 3.41. The lowest BCUT2D eigenvalue weighted by Crippen LogP contribution is -2.48. The first-order valence-electron chi connectivity index (χ1n) is 9.13. The van der Waals surface area contributed by atoms with Crippen molar-refractivity contribution in [3.8, 4) is 10.6 Å². The molecule has 9 heteroatoms. The molecule has 1 aliphatic heterocycles. The lowest BCUT2D eigenvalue weighted by Gasteiger charge is -2.36. The zero-order valence-corrected chi connectivity index (χ0v) is 16.5. The van der Waals surface area contributed by atoms with Gasteiger partial charge in [-0.3, -0.25) is 9.48 Å². The molecule has 3 aromatic rings. The van der Waals surface area contributed by atoms with Crippen LogP contribution in [0.4, 0.5) is 18.9 Å². The van der Waals surface area contributed by atoms with Gasteiger partial charge in [0, 0.05) is 38.9 Å². The van der Waals surface area contributed by atoms with Crippen molar-refractivity contribution < 1.29 is 18.0 Å². The number of hydrogen-bond donors (Lipinski definition) is 0. The van der Waals surface area contributed by atoms with Crippen molar-refractivity contribution in [1.29, 1.82) is 0 Å². The fraction of sp³-hybridized carbons (Fsp3) is 0.300. The molecule has 2 aromatic heterocycles. The maximum atomic E-state index is 13.0. The third-order valence-electron chi connectivity index (χ3n) is 4.93. The maximum Gasteiger partial charge on any atom is 0.433 e. The third-order valence-corrected chi connectivity index (χ3v) is 6.02. The Morgan fingerprint density at radius 3 is 2.34 bits per heavy atom. The van der Waals surface area contributed by atoms with E-state index in [0.717, 1.165) is 29.5 Å². The number of thiophene rings is 1. The smallest absolute Gasteiger partial charge is 0.368 e. The van der Waals surface area contributed by atoms with Crippen LogP contribution in [0.5, 0.6) is 0 Å². The number of carbonyl (C=O) groups is 1. The minimum absolute atomic E-state index is 0.0964. The van der Waals surface area contributed by atoms with Crippen LogP contribution in [0, 0.1) is 0 Å². The second-order valence-corrected chi connectivity index (χ2v) is 7.90. The molecule has 1 aromatic carbocycles. The van der Waals surface area contributed by atoms with Crippen LogP contribution in [0.1, 0.15) is 15.4 Å². The average Bonchev–Trinajstić information content (AvgIpc) is 3.35. The van der Waals surface area contributed by atoms with Crippen molar-refractivity contribution in [3.63, 3.8) is 0 Å². The number of alkyl halides is 3. The summed E-state index contributed by atoms with van der Waals surface area (Å²) in [5, 5.41) is 3.95. The van der Waals surface area contributed by atoms with E-state index in [-0.39, 0.29) is 11.6 Å². The first kappa shape index (κ1) is 19.5. The largest absolute Gasteiger partial charge is 0.433 e. The molecule has 1 saturated heterocycles. The highest BCUT2D eigenvalue weighted by molar-refractivity contribution is 7.17. The maximum absolute atomic E-state index is 13.0. The van der Waals surface area contributed by atoms with Crippen molar-refractivity contribution in [2.45, 2.75) is 6.18 Å². The summed E-state index contributed by atoms with van der Waals surface area (Å²) in [6.07, 6.45) is -4.46. The van der Waals surface area contributed by atoms with E-state index in [2.05, 4.69) is 10.00 Å². The van der Waals surface area contributed by atoms with E-state index in [1.165, 1.54) is 18.4 Å². The van der Waals surface area contributed by atoms with Gasteiger partial charge in [0.2, 0.25) is 0 Å². The second kappa shape index (κ2) is 7.55. The Morgan fingerprint density at radius 2 is 1.72 bits per heavy atom. The number of carbonyl (C=O) groups excluding carboxylic acids is 1. The highest BCUT2D eigenvalue weighted by Crippen LogP contribution is 2.34. The Bertz CT molecular complexity index is 1000. The quantitative estimate of drug-likeness (QED) is 0.640. The molecule has 0 aliphatic carbocycles. The van der Waals surface area contributed by atoms with E-state index in [1.807, 2.05) is 30.3 Å². The molecule has 0 unspecified atom stereocenters. The molecule has 0 bridgehead atoms. The molecular weight excluding hydrogens is 401 g/mol. The number of amides is 1. The number of anilines is 1. The van der Waals surface area contributed by atoms with Crippen LogP contribution in [0.15, 0.2) is 48.5 Å². The first-order chi connectivity index (χ1) is 13.8. The van der Waals surface area contributed by atoms with Crippen LogP contribution in [0.2, 0.25) is 0 Å². The van der Waals surface area contributed by atoms with Crippen molar-refractivity contribution in [2.75, 3.05) is 31.1 Å². The monoisotopic (exact) mass is 420 g/mol. The zero-order valence-electron chi connectivity index (χ0n) is 15.7. The fourth-order valence-corrected chi connectivity index (χ4v) is 4.34. The van der Waals surface area contributed by atoms with Crippen molar-refractivity contribution >= 4 is 22.9 Å². The molecule has 0 radical (unpaired) electrons. The van der Waals surface area contributed by atoms with Crippen LogP contribution >= 0.6 is 11.3 Å². The standard InChI is InChI=1S/C20H19F3N4OS/c1-25-18(20(21,22)23)13-15(24-25)16-7-8-17(29-16)19(28)27-11-9-26(10-12-27)14-5-3-2-4-6-14/h2-8,13H,9-12H2,1H3. The van der Waals surface area contributed by atoms with E-state index in [9.17, 15) is 18.0 Å². The summed E-state index contributed by atoms with van der Waals surface area (Å²) in [7, 11) is 1.26. The SMILES string of the molecule is Cn1nc(-c2ccc(C(=O)N3CCN(c4ccccc4)CC3)s2)cc1C(F)(F)F. The molecule has 3 heterocycles. The lowest BCUT2D eigenvalue weighted by molar-refractivity contribution is -0.143. The van der Waals surface area contributed by atoms with Gasteiger partial charge in [0.1, 0.15) is 11.4 Å². The molecular formula is C20H19F3N4OS. The van der Waals surface area contributed by atoms with Crippen LogP contribution < -0.4 is 4.90 Å². The van der Waals surface area contributed by atoms with Gasteiger partial charge in [-0.1, -0.05) is 18.2 Å². The molecule has 5 nitrogen and oxygen atoms in total. The van der Waals surface area contributed by atoms with Crippen molar-refractivity contribution in [2.24, 2.45) is 7.05 Å². The summed E-state index contributed by atoms with van der Waals surface area (Å²) in [6.45, 7) is 2.68. The zero-order chi connectivity index (χ0) is 20.6. The van der Waals surface area contributed by atoms with Gasteiger partial charge in [-0.15, -0.1) is 11.3 Å². The van der Waals surface area contributed by atoms with E-state index >= 15 is 0 Å². The predicted octanol–water partition coefficient (Wildman–Crippen LogP) is 4.13. The van der Waals surface area contributed by atoms with Crippen molar-refractivity contribution in [3.05, 3.63) is 59.1 Å². The van der Waals surface area contributed by atoms with Gasteiger partial charge in [0.15, 0.2) is 0 Å². The Hall–Kier alpha value is -2.81. The highest BCUT2D eigenvalue weighted by Gasteiger charge is 2.35. The summed E-state index contributed by atoms with van der Waals surface area (Å²) in [5.74, 6) is -0.0964. The topological polar surface area (TPSA) is 41.4 Å². The minimum atomic E-state index is -4.46. The summed E-state index contributed by atoms with van der Waals surface area (Å²) >= 11 is 1.17. The molecule has 1 aliphatic rings. The van der Waals surface area contributed by atoms with Crippen LogP contribution in [0.3, 0.4) is 0 Å². The van der Waals surface area contributed by atoms with Gasteiger partial charge in [-0.25, -0.2) is 0 Å². The summed E-state index contributed by atoms with van der Waals surface area (Å²) in [6, 6.07) is 14.4. The number of aromatic nitrogens is 2. The molecule has 152 valence electrons. The number of nitrogens with zero attached hydrogens (tertiary/aromatic N) is 4. The lowest BCUT2D eigenvalue weighted by atomic mass is 10.2. The molecule has 0 atom stereocenters. The Kier molecular flexibility index (Phi) is 5.08. The van der Waals surface area contributed by atoms with Gasteiger partial charge in [-0.2, -0.15) is 18.3 Å². The molecule has 0 N–H and O–H groups in total. The first-order valence-corrected chi connectivity index (χ1v) is 9.95. The Morgan fingerprint density at radius 1 is 1.03 bits per heavy atom. The number of piperazine rings is 1. The third kappa shape index (κ3) is 4.00. The number of hydrogen-bond acceptors (Lipinski definition) is 4. The van der Waals surface area contributed by atoms with E-state index in [4.69, 9.17) is 0 Å². The molecule has 0 spiro atoms. The van der Waals surface area contributed by atoms with Crippen molar-refractivity contribution in [1.82, 2.24) is 14.7 Å². The molecule has 4 rings (SSSR count). The highest BCUT2D eigenvalue weighted by atomic mass is 32.1. The number of aryl methyl sites for hydroxylation is 1. The number of halogens is 3. The number of benzene rings is 1. The molecule has 1 amide bonds. The summed E-state index contributed by atoms with van der Waals surface area (Å²) in [5.41, 5.74) is 0.539. The average molecular weight is 420 g/mol. The van der Waals surface area contributed by atoms with Crippen LogP contribution in [-0.4, -0.2) is 46.8 Å². The molecule has 29 heavy (non-hydrogen) atoms.